The number of rotatable bonds is 5. The quantitative estimate of drug-likeness (QED) is 0.845. The molecule has 0 radical (unpaired) electrons. The molecule has 0 saturated carbocycles. The Morgan fingerprint density at radius 3 is 2.61 bits per heavy atom. The molecule has 1 unspecified atom stereocenters. The second-order valence-electron chi connectivity index (χ2n) is 4.19. The molecule has 1 N–H and O–H groups in total. The summed E-state index contributed by atoms with van der Waals surface area (Å²) in [6, 6.07) is 1.14. The minimum absolute atomic E-state index is 0.0463. The number of halogens is 1. The van der Waals surface area contributed by atoms with Gasteiger partial charge in [0.15, 0.2) is 5.76 Å². The summed E-state index contributed by atoms with van der Waals surface area (Å²) in [5.41, 5.74) is 0. The SMILES string of the molecule is CCC(C)CNC(=O)c1cc(S(=O)(=O)Cl)c(C)o1. The summed E-state index contributed by atoms with van der Waals surface area (Å²) in [6.45, 7) is 5.98. The molecule has 5 nitrogen and oxygen atoms in total. The Morgan fingerprint density at radius 2 is 2.17 bits per heavy atom. The van der Waals surface area contributed by atoms with Gasteiger partial charge in [0.05, 0.1) is 0 Å². The Morgan fingerprint density at radius 1 is 1.56 bits per heavy atom. The van der Waals surface area contributed by atoms with Gasteiger partial charge in [-0.05, 0) is 12.8 Å². The van der Waals surface area contributed by atoms with E-state index >= 15 is 0 Å². The van der Waals surface area contributed by atoms with Gasteiger partial charge >= 0.3 is 0 Å². The average molecular weight is 294 g/mol. The molecular formula is C11H16ClNO4S. The van der Waals surface area contributed by atoms with Crippen LogP contribution in [0.4, 0.5) is 0 Å². The summed E-state index contributed by atoms with van der Waals surface area (Å²) in [6.07, 6.45) is 0.943. The van der Waals surface area contributed by atoms with Crippen LogP contribution < -0.4 is 5.32 Å². The normalized spacial score (nSPS) is 13.3. The molecule has 0 spiro atoms. The van der Waals surface area contributed by atoms with Crippen LogP contribution in [0.2, 0.25) is 0 Å². The monoisotopic (exact) mass is 293 g/mol. The predicted molar refractivity (Wildman–Crippen MR) is 68.3 cm³/mol. The van der Waals surface area contributed by atoms with E-state index in [1.807, 2.05) is 13.8 Å². The molecule has 0 aliphatic heterocycles. The third-order valence-electron chi connectivity index (χ3n) is 2.67. The summed E-state index contributed by atoms with van der Waals surface area (Å²) in [4.78, 5) is 11.5. The topological polar surface area (TPSA) is 76.4 Å². The zero-order valence-electron chi connectivity index (χ0n) is 10.5. The average Bonchev–Trinajstić information content (AvgIpc) is 2.67. The van der Waals surface area contributed by atoms with Crippen LogP contribution in [0.3, 0.4) is 0 Å². The van der Waals surface area contributed by atoms with Crippen molar-refractivity contribution in [1.29, 1.82) is 0 Å². The van der Waals surface area contributed by atoms with Crippen LogP contribution in [0, 0.1) is 12.8 Å². The van der Waals surface area contributed by atoms with Crippen molar-refractivity contribution in [1.82, 2.24) is 5.32 Å². The first-order valence-corrected chi connectivity index (χ1v) is 7.90. The molecule has 1 amide bonds. The van der Waals surface area contributed by atoms with Crippen molar-refractivity contribution in [2.45, 2.75) is 32.1 Å². The van der Waals surface area contributed by atoms with Crippen LogP contribution in [-0.2, 0) is 9.05 Å². The molecule has 0 aliphatic rings. The van der Waals surface area contributed by atoms with E-state index in [1.165, 1.54) is 6.92 Å². The molecule has 1 atom stereocenters. The largest absolute Gasteiger partial charge is 0.455 e. The Kier molecular flexibility index (Phi) is 4.81. The van der Waals surface area contributed by atoms with Gasteiger partial charge in [-0.15, -0.1) is 0 Å². The molecule has 1 aromatic rings. The Hall–Kier alpha value is -1.01. The Balaban J connectivity index is 2.83. The third-order valence-corrected chi connectivity index (χ3v) is 4.10. The fraction of sp³-hybridized carbons (Fsp3) is 0.545. The first-order valence-electron chi connectivity index (χ1n) is 5.59. The first-order chi connectivity index (χ1) is 8.25. The van der Waals surface area contributed by atoms with Crippen molar-refractivity contribution < 1.29 is 17.6 Å². The summed E-state index contributed by atoms with van der Waals surface area (Å²) >= 11 is 0. The summed E-state index contributed by atoms with van der Waals surface area (Å²) in [5.74, 6) is -0.0278. The number of amides is 1. The van der Waals surface area contributed by atoms with Crippen molar-refractivity contribution in [3.63, 3.8) is 0 Å². The highest BCUT2D eigenvalue weighted by Crippen LogP contribution is 2.23. The minimum Gasteiger partial charge on any atom is -0.455 e. The molecule has 102 valence electrons. The number of aryl methyl sites for hydroxylation is 1. The van der Waals surface area contributed by atoms with Gasteiger partial charge in [0.2, 0.25) is 0 Å². The smallest absolute Gasteiger partial charge is 0.287 e. The maximum Gasteiger partial charge on any atom is 0.287 e. The lowest BCUT2D eigenvalue weighted by Crippen LogP contribution is -2.27. The van der Waals surface area contributed by atoms with Crippen molar-refractivity contribution >= 4 is 25.6 Å². The molecule has 1 heterocycles. The molecule has 0 saturated heterocycles. The first kappa shape index (κ1) is 15.0. The number of carbonyl (C=O) groups excluding carboxylic acids is 1. The van der Waals surface area contributed by atoms with Gasteiger partial charge in [0.25, 0.3) is 15.0 Å². The second kappa shape index (κ2) is 5.75. The fourth-order valence-electron chi connectivity index (χ4n) is 1.32. The lowest BCUT2D eigenvalue weighted by Gasteiger charge is -2.08. The molecule has 7 heteroatoms. The predicted octanol–water partition coefficient (Wildman–Crippen LogP) is 2.29. The van der Waals surface area contributed by atoms with Gasteiger partial charge < -0.3 is 9.73 Å². The fourth-order valence-corrected chi connectivity index (χ4v) is 2.41. The van der Waals surface area contributed by atoms with E-state index in [1.54, 1.807) is 0 Å². The lowest BCUT2D eigenvalue weighted by atomic mass is 10.1. The maximum absolute atomic E-state index is 11.7. The van der Waals surface area contributed by atoms with Gasteiger partial charge in [-0.25, -0.2) is 8.42 Å². The maximum atomic E-state index is 11.7. The third kappa shape index (κ3) is 3.74. The summed E-state index contributed by atoms with van der Waals surface area (Å²) in [5, 5.41) is 2.67. The molecule has 0 aromatic carbocycles. The van der Waals surface area contributed by atoms with Crippen molar-refractivity contribution in [2.24, 2.45) is 5.92 Å². The van der Waals surface area contributed by atoms with E-state index in [0.717, 1.165) is 12.5 Å². The number of nitrogens with one attached hydrogen (secondary N) is 1. The minimum atomic E-state index is -3.88. The summed E-state index contributed by atoms with van der Waals surface area (Å²) < 4.78 is 27.4. The highest BCUT2D eigenvalue weighted by molar-refractivity contribution is 8.13. The molecular weight excluding hydrogens is 278 g/mol. The van der Waals surface area contributed by atoms with Crippen molar-refractivity contribution in [2.75, 3.05) is 6.54 Å². The lowest BCUT2D eigenvalue weighted by molar-refractivity contribution is 0.0918. The van der Waals surface area contributed by atoms with Gasteiger partial charge in [0.1, 0.15) is 10.7 Å². The van der Waals surface area contributed by atoms with Crippen molar-refractivity contribution in [3.8, 4) is 0 Å². The number of furan rings is 1. The second-order valence-corrected chi connectivity index (χ2v) is 6.73. The molecule has 1 aromatic heterocycles. The van der Waals surface area contributed by atoms with Crippen LogP contribution in [0.1, 0.15) is 36.6 Å². The molecule has 18 heavy (non-hydrogen) atoms. The van der Waals surface area contributed by atoms with Gasteiger partial charge in [-0.2, -0.15) is 0 Å². The van der Waals surface area contributed by atoms with E-state index in [4.69, 9.17) is 15.1 Å². The molecule has 1 rings (SSSR count). The number of hydrogen-bond acceptors (Lipinski definition) is 4. The highest BCUT2D eigenvalue weighted by Gasteiger charge is 2.22. The number of hydrogen-bond donors (Lipinski definition) is 1. The zero-order valence-corrected chi connectivity index (χ0v) is 12.1. The molecule has 0 bridgehead atoms. The van der Waals surface area contributed by atoms with Crippen LogP contribution in [0.25, 0.3) is 0 Å². The molecule has 0 fully saturated rings. The van der Waals surface area contributed by atoms with E-state index in [9.17, 15) is 13.2 Å². The van der Waals surface area contributed by atoms with Gasteiger partial charge in [-0.3, -0.25) is 4.79 Å². The van der Waals surface area contributed by atoms with Crippen LogP contribution in [0.5, 0.6) is 0 Å². The van der Waals surface area contributed by atoms with Crippen LogP contribution in [0.15, 0.2) is 15.4 Å². The summed E-state index contributed by atoms with van der Waals surface area (Å²) in [7, 11) is 1.33. The van der Waals surface area contributed by atoms with Crippen LogP contribution in [-0.4, -0.2) is 20.9 Å². The van der Waals surface area contributed by atoms with E-state index < -0.39 is 15.0 Å². The van der Waals surface area contributed by atoms with E-state index in [-0.39, 0.29) is 16.4 Å². The number of carbonyl (C=O) groups is 1. The standard InChI is InChI=1S/C11H16ClNO4S/c1-4-7(2)6-13-11(14)9-5-10(8(3)17-9)18(12,15)16/h5,7H,4,6H2,1-3H3,(H,13,14). The van der Waals surface area contributed by atoms with Gasteiger partial charge in [-0.1, -0.05) is 20.3 Å². The Bertz CT molecular complexity index is 535. The van der Waals surface area contributed by atoms with Crippen molar-refractivity contribution in [3.05, 3.63) is 17.6 Å². The van der Waals surface area contributed by atoms with Gasteiger partial charge in [0, 0.05) is 23.3 Å². The Labute approximate surface area is 111 Å². The highest BCUT2D eigenvalue weighted by atomic mass is 35.7. The molecule has 0 aliphatic carbocycles. The zero-order chi connectivity index (χ0) is 13.9. The van der Waals surface area contributed by atoms with E-state index in [2.05, 4.69) is 5.32 Å². The van der Waals surface area contributed by atoms with E-state index in [0.29, 0.717) is 12.5 Å². The van der Waals surface area contributed by atoms with Crippen LogP contribution >= 0.6 is 10.7 Å².